The molecule has 0 saturated heterocycles. The Bertz CT molecular complexity index is 1030. The van der Waals surface area contributed by atoms with Crippen LogP contribution in [-0.4, -0.2) is 41.4 Å². The molecule has 0 aliphatic rings. The smallest absolute Gasteiger partial charge is 0.271 e. The summed E-state index contributed by atoms with van der Waals surface area (Å²) in [5, 5.41) is 13.8. The molecule has 0 spiro atoms. The van der Waals surface area contributed by atoms with Crippen molar-refractivity contribution in [1.82, 2.24) is 15.4 Å². The molecule has 26 heavy (non-hydrogen) atoms. The molecule has 0 unspecified atom stereocenters. The van der Waals surface area contributed by atoms with Gasteiger partial charge in [0.05, 0.1) is 31.5 Å². The average Bonchev–Trinajstić information content (AvgIpc) is 3.01. The molecule has 0 bridgehead atoms. The number of carbonyl (C=O) groups is 1. The number of nitrogens with zero attached hydrogens (tertiary/aromatic N) is 1. The summed E-state index contributed by atoms with van der Waals surface area (Å²) in [6, 6.07) is 8.24. The van der Waals surface area contributed by atoms with E-state index in [0.717, 1.165) is 11.0 Å². The third kappa shape index (κ3) is 3.52. The van der Waals surface area contributed by atoms with Crippen LogP contribution in [0.4, 0.5) is 0 Å². The van der Waals surface area contributed by atoms with Crippen molar-refractivity contribution in [3.63, 3.8) is 0 Å². The van der Waals surface area contributed by atoms with Gasteiger partial charge in [-0.15, -0.1) is 0 Å². The van der Waals surface area contributed by atoms with E-state index < -0.39 is 0 Å². The highest BCUT2D eigenvalue weighted by atomic mass is 32.1. The number of phenolic OH excluding ortho intramolecular Hbond substituents is 1. The molecule has 1 amide bonds. The number of carbonyl (C=O) groups excluding carboxylic acids is 1. The van der Waals surface area contributed by atoms with Crippen molar-refractivity contribution < 1.29 is 19.4 Å². The maximum Gasteiger partial charge on any atom is 0.271 e. The molecule has 3 rings (SSSR count). The van der Waals surface area contributed by atoms with Gasteiger partial charge in [-0.1, -0.05) is 0 Å². The zero-order valence-corrected chi connectivity index (χ0v) is 14.8. The summed E-state index contributed by atoms with van der Waals surface area (Å²) >= 11 is 5.02. The fourth-order valence-electron chi connectivity index (χ4n) is 2.39. The fraction of sp³-hybridized carbons (Fsp3) is 0.118. The first kappa shape index (κ1) is 17.5. The Labute approximate surface area is 153 Å². The number of aromatic amines is 2. The molecule has 3 aromatic rings. The molecule has 0 atom stereocenters. The van der Waals surface area contributed by atoms with Crippen molar-refractivity contribution in [2.45, 2.75) is 0 Å². The number of fused-ring (bicyclic) bond motifs is 1. The molecular formula is C17H16N4O4S. The van der Waals surface area contributed by atoms with Crippen LogP contribution in [0.3, 0.4) is 0 Å². The van der Waals surface area contributed by atoms with Gasteiger partial charge in [-0.3, -0.25) is 4.79 Å². The molecule has 8 nitrogen and oxygen atoms in total. The number of aromatic nitrogens is 2. The first-order valence-electron chi connectivity index (χ1n) is 7.52. The van der Waals surface area contributed by atoms with Gasteiger partial charge in [-0.05, 0) is 42.5 Å². The van der Waals surface area contributed by atoms with Crippen molar-refractivity contribution in [2.75, 3.05) is 14.2 Å². The predicted octanol–water partition coefficient (Wildman–Crippen LogP) is 2.71. The lowest BCUT2D eigenvalue weighted by atomic mass is 10.2. The lowest BCUT2D eigenvalue weighted by Crippen LogP contribution is -2.17. The number of phenols is 1. The van der Waals surface area contributed by atoms with Crippen molar-refractivity contribution in [3.8, 4) is 17.2 Å². The van der Waals surface area contributed by atoms with Gasteiger partial charge in [-0.25, -0.2) is 5.43 Å². The molecule has 1 heterocycles. The van der Waals surface area contributed by atoms with E-state index in [9.17, 15) is 9.90 Å². The molecule has 2 aromatic carbocycles. The molecule has 4 N–H and O–H groups in total. The van der Waals surface area contributed by atoms with Gasteiger partial charge < -0.3 is 24.5 Å². The van der Waals surface area contributed by atoms with E-state index >= 15 is 0 Å². The number of benzene rings is 2. The second kappa shape index (κ2) is 7.28. The lowest BCUT2D eigenvalue weighted by Gasteiger charge is -2.09. The number of nitrogens with one attached hydrogen (secondary N) is 3. The number of hydrogen-bond donors (Lipinski definition) is 4. The number of hydrogen-bond acceptors (Lipinski definition) is 6. The monoisotopic (exact) mass is 372 g/mol. The summed E-state index contributed by atoms with van der Waals surface area (Å²) in [7, 11) is 2.86. The normalized spacial score (nSPS) is 11.0. The van der Waals surface area contributed by atoms with Crippen LogP contribution in [0.5, 0.6) is 17.2 Å². The molecule has 0 radical (unpaired) electrons. The van der Waals surface area contributed by atoms with Crippen molar-refractivity contribution in [1.29, 1.82) is 0 Å². The Balaban J connectivity index is 1.76. The topological polar surface area (TPSA) is 112 Å². The van der Waals surface area contributed by atoms with Crippen molar-refractivity contribution >= 4 is 35.4 Å². The van der Waals surface area contributed by atoms with E-state index in [0.29, 0.717) is 15.9 Å². The van der Waals surface area contributed by atoms with E-state index in [-0.39, 0.29) is 23.2 Å². The second-order valence-electron chi connectivity index (χ2n) is 5.31. The molecule has 134 valence electrons. The molecule has 0 aliphatic heterocycles. The number of aromatic hydroxyl groups is 1. The minimum atomic E-state index is -0.374. The van der Waals surface area contributed by atoms with E-state index in [2.05, 4.69) is 20.5 Å². The number of ether oxygens (including phenoxy) is 2. The summed E-state index contributed by atoms with van der Waals surface area (Å²) in [5.74, 6) is 0.00492. The van der Waals surface area contributed by atoms with Crippen LogP contribution in [0, 0.1) is 4.77 Å². The predicted molar refractivity (Wildman–Crippen MR) is 99.8 cm³/mol. The van der Waals surface area contributed by atoms with Crippen LogP contribution in [0.15, 0.2) is 35.4 Å². The third-order valence-corrected chi connectivity index (χ3v) is 3.86. The van der Waals surface area contributed by atoms with Gasteiger partial charge >= 0.3 is 0 Å². The summed E-state index contributed by atoms with van der Waals surface area (Å²) < 4.78 is 10.6. The number of rotatable bonds is 5. The number of hydrazone groups is 1. The first-order chi connectivity index (χ1) is 12.5. The zero-order chi connectivity index (χ0) is 18.7. The average molecular weight is 372 g/mol. The zero-order valence-electron chi connectivity index (χ0n) is 14.0. The van der Waals surface area contributed by atoms with Crippen LogP contribution in [-0.2, 0) is 0 Å². The van der Waals surface area contributed by atoms with Crippen molar-refractivity contribution in [3.05, 3.63) is 46.2 Å². The molecule has 1 aromatic heterocycles. The minimum absolute atomic E-state index is 0.103. The van der Waals surface area contributed by atoms with Crippen LogP contribution in [0.25, 0.3) is 11.0 Å². The maximum atomic E-state index is 12.2. The summed E-state index contributed by atoms with van der Waals surface area (Å²) in [4.78, 5) is 18.1. The number of methoxy groups -OCH3 is 2. The quantitative estimate of drug-likeness (QED) is 0.313. The molecule has 0 fully saturated rings. The highest BCUT2D eigenvalue weighted by Crippen LogP contribution is 2.36. The Morgan fingerprint density at radius 1 is 1.15 bits per heavy atom. The number of imidazole rings is 1. The summed E-state index contributed by atoms with van der Waals surface area (Å²) in [6.45, 7) is 0. The van der Waals surface area contributed by atoms with Gasteiger partial charge in [0, 0.05) is 11.1 Å². The Kier molecular flexibility index (Phi) is 4.90. The van der Waals surface area contributed by atoms with Gasteiger partial charge in [0.25, 0.3) is 5.91 Å². The summed E-state index contributed by atoms with van der Waals surface area (Å²) in [5.41, 5.74) is 5.01. The van der Waals surface area contributed by atoms with E-state index in [1.54, 1.807) is 30.3 Å². The molecule has 9 heteroatoms. The van der Waals surface area contributed by atoms with E-state index in [4.69, 9.17) is 21.7 Å². The van der Waals surface area contributed by atoms with Crippen LogP contribution >= 0.6 is 12.2 Å². The highest BCUT2D eigenvalue weighted by Gasteiger charge is 2.10. The van der Waals surface area contributed by atoms with Crippen LogP contribution in [0.2, 0.25) is 0 Å². The molecule has 0 aliphatic carbocycles. The minimum Gasteiger partial charge on any atom is -0.502 e. The largest absolute Gasteiger partial charge is 0.502 e. The van der Waals surface area contributed by atoms with E-state index in [1.807, 2.05) is 0 Å². The first-order valence-corrected chi connectivity index (χ1v) is 7.93. The highest BCUT2D eigenvalue weighted by molar-refractivity contribution is 7.71. The lowest BCUT2D eigenvalue weighted by molar-refractivity contribution is 0.0955. The van der Waals surface area contributed by atoms with Gasteiger partial charge in [0.1, 0.15) is 0 Å². The maximum absolute atomic E-state index is 12.2. The second-order valence-corrected chi connectivity index (χ2v) is 5.72. The van der Waals surface area contributed by atoms with Crippen LogP contribution < -0.4 is 14.9 Å². The SMILES string of the molecule is COc1cc(/C=N\NC(=O)c2ccc3[nH]c(=S)[nH]c3c2)cc(OC)c1O. The Hall–Kier alpha value is -3.33. The fourth-order valence-corrected chi connectivity index (χ4v) is 2.61. The van der Waals surface area contributed by atoms with Gasteiger partial charge in [0.15, 0.2) is 16.3 Å². The van der Waals surface area contributed by atoms with E-state index in [1.165, 1.54) is 20.4 Å². The molecular weight excluding hydrogens is 356 g/mol. The van der Waals surface area contributed by atoms with Crippen LogP contribution in [0.1, 0.15) is 15.9 Å². The third-order valence-electron chi connectivity index (χ3n) is 3.66. The number of amides is 1. The van der Waals surface area contributed by atoms with Crippen molar-refractivity contribution in [2.24, 2.45) is 5.10 Å². The van der Waals surface area contributed by atoms with Gasteiger partial charge in [-0.2, -0.15) is 5.10 Å². The van der Waals surface area contributed by atoms with Gasteiger partial charge in [0.2, 0.25) is 5.75 Å². The number of H-pyrrole nitrogens is 2. The summed E-state index contributed by atoms with van der Waals surface area (Å²) in [6.07, 6.45) is 1.42. The standard InChI is InChI=1S/C17H16N4O4S/c1-24-13-5-9(6-14(25-2)15(13)22)8-18-21-16(23)10-3-4-11-12(7-10)20-17(26)19-11/h3-8,22H,1-2H3,(H,21,23)(H2,19,20,26)/b18-8-. The molecule has 0 saturated carbocycles. The Morgan fingerprint density at radius 2 is 1.81 bits per heavy atom. The Morgan fingerprint density at radius 3 is 2.46 bits per heavy atom.